The Morgan fingerprint density at radius 2 is 2.20 bits per heavy atom. The van der Waals surface area contributed by atoms with Gasteiger partial charge in [0.05, 0.1) is 16.7 Å². The fourth-order valence-corrected chi connectivity index (χ4v) is 3.06. The molecule has 0 aromatic heterocycles. The van der Waals surface area contributed by atoms with Gasteiger partial charge in [0.25, 0.3) is 0 Å². The van der Waals surface area contributed by atoms with Crippen molar-refractivity contribution in [2.24, 2.45) is 5.92 Å². The lowest BCUT2D eigenvalue weighted by Gasteiger charge is -2.31. The molecule has 112 valence electrons. The van der Waals surface area contributed by atoms with Crippen molar-refractivity contribution in [2.45, 2.75) is 38.6 Å². The van der Waals surface area contributed by atoms with Crippen molar-refractivity contribution in [2.75, 3.05) is 19.8 Å². The molecule has 0 saturated carbocycles. The molecule has 1 aliphatic heterocycles. The van der Waals surface area contributed by atoms with E-state index in [0.29, 0.717) is 22.0 Å². The van der Waals surface area contributed by atoms with E-state index in [0.717, 1.165) is 39.0 Å². The van der Waals surface area contributed by atoms with Gasteiger partial charge in [0.2, 0.25) is 0 Å². The van der Waals surface area contributed by atoms with Crippen LogP contribution in [0.1, 0.15) is 31.7 Å². The van der Waals surface area contributed by atoms with Crippen molar-refractivity contribution < 1.29 is 4.74 Å². The number of rotatable bonds is 6. The molecule has 2 nitrogen and oxygen atoms in total. The van der Waals surface area contributed by atoms with Crippen molar-refractivity contribution in [3.05, 3.63) is 33.8 Å². The van der Waals surface area contributed by atoms with Crippen LogP contribution >= 0.6 is 23.2 Å². The van der Waals surface area contributed by atoms with Crippen LogP contribution in [0.2, 0.25) is 10.0 Å². The summed E-state index contributed by atoms with van der Waals surface area (Å²) in [5, 5.41) is 4.92. The molecule has 1 heterocycles. The third-order valence-corrected chi connectivity index (χ3v) is 4.60. The van der Waals surface area contributed by atoms with E-state index in [1.165, 1.54) is 12.0 Å². The minimum Gasteiger partial charge on any atom is -0.381 e. The van der Waals surface area contributed by atoms with Crippen LogP contribution < -0.4 is 5.32 Å². The number of halogens is 2. The van der Waals surface area contributed by atoms with Crippen LogP contribution in [-0.2, 0) is 11.2 Å². The quantitative estimate of drug-likeness (QED) is 0.843. The van der Waals surface area contributed by atoms with Gasteiger partial charge in [0.15, 0.2) is 0 Å². The summed E-state index contributed by atoms with van der Waals surface area (Å²) in [5.74, 6) is 0.588. The summed E-state index contributed by atoms with van der Waals surface area (Å²) in [6.07, 6.45) is 4.52. The highest BCUT2D eigenvalue weighted by Gasteiger charge is 2.24. The lowest BCUT2D eigenvalue weighted by molar-refractivity contribution is 0.0393. The van der Waals surface area contributed by atoms with Gasteiger partial charge in [-0.1, -0.05) is 36.2 Å². The Balaban J connectivity index is 2.03. The van der Waals surface area contributed by atoms with Crippen LogP contribution in [0.15, 0.2) is 18.2 Å². The first-order valence-corrected chi connectivity index (χ1v) is 8.21. The van der Waals surface area contributed by atoms with Gasteiger partial charge in [-0.15, -0.1) is 0 Å². The zero-order chi connectivity index (χ0) is 14.4. The predicted octanol–water partition coefficient (Wildman–Crippen LogP) is 4.33. The molecule has 2 rings (SSSR count). The molecule has 4 heteroatoms. The highest BCUT2D eigenvalue weighted by molar-refractivity contribution is 6.42. The van der Waals surface area contributed by atoms with E-state index in [2.05, 4.69) is 18.3 Å². The van der Waals surface area contributed by atoms with Gasteiger partial charge in [-0.05, 0) is 55.8 Å². The third kappa shape index (κ3) is 4.63. The number of ether oxygens (including phenoxy) is 1. The van der Waals surface area contributed by atoms with Gasteiger partial charge in [-0.25, -0.2) is 0 Å². The van der Waals surface area contributed by atoms with E-state index in [1.807, 2.05) is 12.1 Å². The summed E-state index contributed by atoms with van der Waals surface area (Å²) in [6.45, 7) is 5.01. The first-order valence-electron chi connectivity index (χ1n) is 7.45. The number of hydrogen-bond acceptors (Lipinski definition) is 2. The fraction of sp³-hybridized carbons (Fsp3) is 0.625. The molecule has 0 spiro atoms. The number of nitrogens with one attached hydrogen (secondary N) is 1. The Hall–Kier alpha value is -0.280. The molecule has 1 fully saturated rings. The standard InChI is InChI=1S/C16H23Cl2NO/c1-2-7-19-16(13-4-3-8-20-11-13)10-12-5-6-14(17)15(18)9-12/h5-6,9,13,16,19H,2-4,7-8,10-11H2,1H3. The minimum absolute atomic E-state index is 0.451. The van der Waals surface area contributed by atoms with Crippen LogP contribution in [0.4, 0.5) is 0 Å². The maximum atomic E-state index is 6.11. The molecule has 0 radical (unpaired) electrons. The van der Waals surface area contributed by atoms with Crippen LogP contribution in [0.25, 0.3) is 0 Å². The Morgan fingerprint density at radius 1 is 1.35 bits per heavy atom. The molecule has 2 unspecified atom stereocenters. The summed E-state index contributed by atoms with van der Waals surface area (Å²) in [5.41, 5.74) is 1.23. The highest BCUT2D eigenvalue weighted by Crippen LogP contribution is 2.25. The van der Waals surface area contributed by atoms with Crippen molar-refractivity contribution >= 4 is 23.2 Å². The van der Waals surface area contributed by atoms with Gasteiger partial charge in [0, 0.05) is 12.6 Å². The second kappa shape index (κ2) is 8.23. The molecule has 1 aliphatic rings. The highest BCUT2D eigenvalue weighted by atomic mass is 35.5. The first kappa shape index (κ1) is 16.1. The average molecular weight is 316 g/mol. The first-order chi connectivity index (χ1) is 9.70. The Bertz CT molecular complexity index is 419. The summed E-state index contributed by atoms with van der Waals surface area (Å²) in [6, 6.07) is 6.38. The average Bonchev–Trinajstić information content (AvgIpc) is 2.48. The molecular weight excluding hydrogens is 293 g/mol. The molecular formula is C16H23Cl2NO. The smallest absolute Gasteiger partial charge is 0.0595 e. The lowest BCUT2D eigenvalue weighted by atomic mass is 9.89. The third-order valence-electron chi connectivity index (χ3n) is 3.86. The molecule has 2 atom stereocenters. The van der Waals surface area contributed by atoms with Crippen molar-refractivity contribution in [3.8, 4) is 0 Å². The topological polar surface area (TPSA) is 21.3 Å². The minimum atomic E-state index is 0.451. The number of hydrogen-bond donors (Lipinski definition) is 1. The van der Waals surface area contributed by atoms with Crippen LogP contribution in [0.5, 0.6) is 0 Å². The van der Waals surface area contributed by atoms with Gasteiger partial charge in [-0.3, -0.25) is 0 Å². The molecule has 0 aliphatic carbocycles. The van der Waals surface area contributed by atoms with E-state index in [-0.39, 0.29) is 0 Å². The second-order valence-electron chi connectivity index (χ2n) is 5.49. The molecule has 20 heavy (non-hydrogen) atoms. The van der Waals surface area contributed by atoms with Crippen LogP contribution in [-0.4, -0.2) is 25.8 Å². The van der Waals surface area contributed by atoms with Crippen LogP contribution in [0.3, 0.4) is 0 Å². The maximum Gasteiger partial charge on any atom is 0.0595 e. The van der Waals surface area contributed by atoms with Gasteiger partial charge >= 0.3 is 0 Å². The summed E-state index contributed by atoms with van der Waals surface area (Å²) < 4.78 is 5.64. The van der Waals surface area contributed by atoms with Crippen molar-refractivity contribution in [1.29, 1.82) is 0 Å². The Morgan fingerprint density at radius 3 is 2.85 bits per heavy atom. The summed E-state index contributed by atoms with van der Waals surface area (Å²) in [4.78, 5) is 0. The van der Waals surface area contributed by atoms with Gasteiger partial charge in [0.1, 0.15) is 0 Å². The summed E-state index contributed by atoms with van der Waals surface area (Å²) in [7, 11) is 0. The van der Waals surface area contributed by atoms with Crippen LogP contribution in [0, 0.1) is 5.92 Å². The monoisotopic (exact) mass is 315 g/mol. The van der Waals surface area contributed by atoms with Gasteiger partial charge in [-0.2, -0.15) is 0 Å². The van der Waals surface area contributed by atoms with Crippen molar-refractivity contribution in [3.63, 3.8) is 0 Å². The molecule has 1 aromatic carbocycles. The fourth-order valence-electron chi connectivity index (χ4n) is 2.74. The van der Waals surface area contributed by atoms with E-state index >= 15 is 0 Å². The normalized spacial score (nSPS) is 20.9. The van der Waals surface area contributed by atoms with E-state index in [4.69, 9.17) is 27.9 Å². The Labute approximate surface area is 131 Å². The molecule has 0 amide bonds. The van der Waals surface area contributed by atoms with E-state index in [1.54, 1.807) is 0 Å². The maximum absolute atomic E-state index is 6.11. The van der Waals surface area contributed by atoms with E-state index < -0.39 is 0 Å². The molecule has 1 N–H and O–H groups in total. The van der Waals surface area contributed by atoms with E-state index in [9.17, 15) is 0 Å². The molecule has 1 aromatic rings. The van der Waals surface area contributed by atoms with Crippen molar-refractivity contribution in [1.82, 2.24) is 5.32 Å². The molecule has 0 bridgehead atoms. The molecule has 1 saturated heterocycles. The van der Waals surface area contributed by atoms with Gasteiger partial charge < -0.3 is 10.1 Å². The number of benzene rings is 1. The largest absolute Gasteiger partial charge is 0.381 e. The SMILES string of the molecule is CCCNC(Cc1ccc(Cl)c(Cl)c1)C1CCCOC1. The summed E-state index contributed by atoms with van der Waals surface area (Å²) >= 11 is 12.1. The lowest BCUT2D eigenvalue weighted by Crippen LogP contribution is -2.42. The second-order valence-corrected chi connectivity index (χ2v) is 6.30. The zero-order valence-electron chi connectivity index (χ0n) is 12.0. The predicted molar refractivity (Wildman–Crippen MR) is 85.8 cm³/mol. The zero-order valence-corrected chi connectivity index (χ0v) is 13.5. The Kier molecular flexibility index (Phi) is 6.63.